The smallest absolute Gasteiger partial charge is 0.362 e. The molecule has 1 aromatic heterocycles. The zero-order valence-corrected chi connectivity index (χ0v) is 11.7. The molecule has 0 amide bonds. The minimum absolute atomic E-state index is 0.169. The van der Waals surface area contributed by atoms with Crippen molar-refractivity contribution >= 4 is 5.97 Å². The minimum atomic E-state index is -1.63. The fourth-order valence-corrected chi connectivity index (χ4v) is 1.71. The molecule has 22 heavy (non-hydrogen) atoms. The van der Waals surface area contributed by atoms with Crippen molar-refractivity contribution in [2.75, 3.05) is 0 Å². The first kappa shape index (κ1) is 15.4. The molecule has 0 fully saturated rings. The van der Waals surface area contributed by atoms with E-state index in [4.69, 9.17) is 9.84 Å². The van der Waals surface area contributed by atoms with Crippen molar-refractivity contribution in [1.82, 2.24) is 14.8 Å². The van der Waals surface area contributed by atoms with E-state index in [0.717, 1.165) is 6.07 Å². The number of aromatic carboxylic acids is 1. The van der Waals surface area contributed by atoms with Gasteiger partial charge in [0.2, 0.25) is 5.69 Å². The number of benzene rings is 1. The molecule has 0 aliphatic rings. The number of hydrogen-bond donors (Lipinski definition) is 2. The van der Waals surface area contributed by atoms with Crippen molar-refractivity contribution in [1.29, 1.82) is 0 Å². The molecule has 1 aromatic carbocycles. The van der Waals surface area contributed by atoms with Crippen LogP contribution in [0.5, 0.6) is 5.75 Å². The van der Waals surface area contributed by atoms with E-state index in [2.05, 4.69) is 5.10 Å². The van der Waals surface area contributed by atoms with Crippen LogP contribution in [-0.2, 0) is 0 Å². The molecule has 0 radical (unpaired) electrons. The molecule has 2 rings (SSSR count). The third-order valence-electron chi connectivity index (χ3n) is 2.55. The van der Waals surface area contributed by atoms with E-state index in [-0.39, 0.29) is 17.5 Å². The normalized spacial score (nSPS) is 10.7. The fraction of sp³-hybridized carbons (Fsp3) is 0.231. The molecule has 0 unspecified atom stereocenters. The summed E-state index contributed by atoms with van der Waals surface area (Å²) in [6.07, 6.45) is -0.169. The zero-order valence-electron chi connectivity index (χ0n) is 11.7. The highest BCUT2D eigenvalue weighted by Gasteiger charge is 2.17. The number of aromatic nitrogens is 3. The number of nitrogens with zero attached hydrogens (tertiary/aromatic N) is 2. The first-order chi connectivity index (χ1) is 10.3. The van der Waals surface area contributed by atoms with Crippen LogP contribution >= 0.6 is 0 Å². The van der Waals surface area contributed by atoms with Gasteiger partial charge in [-0.25, -0.2) is 14.0 Å². The predicted octanol–water partition coefficient (Wildman–Crippen LogP) is 0.545. The van der Waals surface area contributed by atoms with Crippen molar-refractivity contribution in [3.63, 3.8) is 0 Å². The van der Waals surface area contributed by atoms with E-state index in [1.807, 2.05) is 0 Å². The summed E-state index contributed by atoms with van der Waals surface area (Å²) in [4.78, 5) is 35.6. The minimum Gasteiger partial charge on any atom is -0.491 e. The van der Waals surface area contributed by atoms with E-state index >= 15 is 0 Å². The summed E-state index contributed by atoms with van der Waals surface area (Å²) in [7, 11) is 0. The molecule has 0 atom stereocenters. The molecule has 0 spiro atoms. The Morgan fingerprint density at radius 2 is 2.09 bits per heavy atom. The second kappa shape index (κ2) is 5.80. The number of nitrogens with one attached hydrogen (secondary N) is 1. The Hall–Kier alpha value is -2.97. The van der Waals surface area contributed by atoms with Crippen LogP contribution in [0.3, 0.4) is 0 Å². The average molecular weight is 309 g/mol. The maximum atomic E-state index is 14.1. The van der Waals surface area contributed by atoms with Gasteiger partial charge < -0.3 is 9.84 Å². The Morgan fingerprint density at radius 1 is 1.41 bits per heavy atom. The lowest BCUT2D eigenvalue weighted by Crippen LogP contribution is -2.36. The van der Waals surface area contributed by atoms with Crippen LogP contribution < -0.4 is 16.0 Å². The number of carboxylic acids is 1. The quantitative estimate of drug-likeness (QED) is 0.852. The Labute approximate surface area is 122 Å². The maximum Gasteiger partial charge on any atom is 0.362 e. The lowest BCUT2D eigenvalue weighted by molar-refractivity contribution is 0.0685. The van der Waals surface area contributed by atoms with Gasteiger partial charge in [-0.2, -0.15) is 9.78 Å². The number of aromatic amines is 1. The molecule has 0 bridgehead atoms. The summed E-state index contributed by atoms with van der Waals surface area (Å²) < 4.78 is 19.8. The molecule has 2 aromatic rings. The van der Waals surface area contributed by atoms with Crippen LogP contribution in [0.4, 0.5) is 4.39 Å². The Bertz CT molecular complexity index is 840. The first-order valence-corrected chi connectivity index (χ1v) is 6.23. The summed E-state index contributed by atoms with van der Waals surface area (Å²) in [6, 6.07) is 3.64. The summed E-state index contributed by atoms with van der Waals surface area (Å²) >= 11 is 0. The lowest BCUT2D eigenvalue weighted by Gasteiger charge is -2.11. The number of ether oxygens (including phenoxy) is 1. The van der Waals surface area contributed by atoms with E-state index < -0.39 is 28.7 Å². The van der Waals surface area contributed by atoms with Gasteiger partial charge in [0.1, 0.15) is 11.4 Å². The van der Waals surface area contributed by atoms with Crippen LogP contribution in [0.15, 0.2) is 27.8 Å². The van der Waals surface area contributed by atoms with Gasteiger partial charge in [0.05, 0.1) is 6.10 Å². The summed E-state index contributed by atoms with van der Waals surface area (Å²) in [6.45, 7) is 3.53. The third kappa shape index (κ3) is 3.03. The highest BCUT2D eigenvalue weighted by atomic mass is 19.1. The molecular weight excluding hydrogens is 297 g/mol. The van der Waals surface area contributed by atoms with Gasteiger partial charge in [-0.05, 0) is 26.0 Å². The average Bonchev–Trinajstić information content (AvgIpc) is 2.39. The third-order valence-corrected chi connectivity index (χ3v) is 2.55. The Kier molecular flexibility index (Phi) is 4.06. The summed E-state index contributed by atoms with van der Waals surface area (Å²) in [5.74, 6) is -2.24. The number of hydrogen-bond acceptors (Lipinski definition) is 5. The lowest BCUT2D eigenvalue weighted by atomic mass is 10.3. The molecule has 9 heteroatoms. The highest BCUT2D eigenvalue weighted by Crippen LogP contribution is 2.19. The van der Waals surface area contributed by atoms with Crippen molar-refractivity contribution in [3.05, 3.63) is 50.5 Å². The van der Waals surface area contributed by atoms with E-state index in [0.29, 0.717) is 4.68 Å². The predicted molar refractivity (Wildman–Crippen MR) is 73.1 cm³/mol. The summed E-state index contributed by atoms with van der Waals surface area (Å²) in [5.41, 5.74) is -3.43. The molecule has 1 heterocycles. The summed E-state index contributed by atoms with van der Waals surface area (Å²) in [5, 5.41) is 12.2. The van der Waals surface area contributed by atoms with Crippen LogP contribution in [0.2, 0.25) is 0 Å². The Balaban J connectivity index is 2.57. The van der Waals surface area contributed by atoms with E-state index in [1.165, 1.54) is 12.1 Å². The van der Waals surface area contributed by atoms with Gasteiger partial charge >= 0.3 is 11.7 Å². The number of carboxylic acid groups (broad SMARTS) is 1. The number of H-pyrrole nitrogens is 1. The van der Waals surface area contributed by atoms with Crippen LogP contribution in [-0.4, -0.2) is 31.9 Å². The molecule has 2 N–H and O–H groups in total. The molecular formula is C13H12FN3O5. The van der Waals surface area contributed by atoms with Crippen LogP contribution in [0.25, 0.3) is 5.69 Å². The largest absolute Gasteiger partial charge is 0.491 e. The molecule has 0 saturated carbocycles. The molecule has 0 saturated heterocycles. The SMILES string of the molecule is CC(C)Oc1ccc(-n2nc(C(=O)O)c(=O)[nH]c2=O)c(F)c1. The number of carbonyl (C=O) groups is 1. The fourth-order valence-electron chi connectivity index (χ4n) is 1.71. The molecule has 116 valence electrons. The van der Waals surface area contributed by atoms with E-state index in [1.54, 1.807) is 18.8 Å². The number of rotatable bonds is 4. The van der Waals surface area contributed by atoms with E-state index in [9.17, 15) is 18.8 Å². The molecule has 8 nitrogen and oxygen atoms in total. The monoisotopic (exact) mass is 309 g/mol. The van der Waals surface area contributed by atoms with Crippen molar-refractivity contribution < 1.29 is 19.0 Å². The molecule has 0 aliphatic carbocycles. The van der Waals surface area contributed by atoms with Crippen molar-refractivity contribution in [3.8, 4) is 11.4 Å². The van der Waals surface area contributed by atoms with Gasteiger partial charge in [-0.15, -0.1) is 0 Å². The van der Waals surface area contributed by atoms with Crippen molar-refractivity contribution in [2.24, 2.45) is 0 Å². The maximum absolute atomic E-state index is 14.1. The zero-order chi connectivity index (χ0) is 16.4. The second-order valence-electron chi connectivity index (χ2n) is 4.60. The first-order valence-electron chi connectivity index (χ1n) is 6.23. The topological polar surface area (TPSA) is 114 Å². The molecule has 0 aliphatic heterocycles. The van der Waals surface area contributed by atoms with Gasteiger partial charge in [-0.1, -0.05) is 0 Å². The van der Waals surface area contributed by atoms with Crippen molar-refractivity contribution in [2.45, 2.75) is 20.0 Å². The Morgan fingerprint density at radius 3 is 2.64 bits per heavy atom. The second-order valence-corrected chi connectivity index (χ2v) is 4.60. The van der Waals surface area contributed by atoms with Crippen LogP contribution in [0.1, 0.15) is 24.3 Å². The van der Waals surface area contributed by atoms with Gasteiger partial charge in [0, 0.05) is 6.07 Å². The van der Waals surface area contributed by atoms with Gasteiger partial charge in [0.25, 0.3) is 5.56 Å². The van der Waals surface area contributed by atoms with Gasteiger partial charge in [-0.3, -0.25) is 9.78 Å². The van der Waals surface area contributed by atoms with Crippen LogP contribution in [0, 0.1) is 5.82 Å². The highest BCUT2D eigenvalue weighted by molar-refractivity contribution is 5.84. The number of halogens is 1. The standard InChI is InChI=1S/C13H12FN3O5/c1-6(2)22-7-3-4-9(8(14)5-7)17-13(21)15-11(18)10(16-17)12(19)20/h3-6H,1-2H3,(H,19,20)(H,15,18,21). The van der Waals surface area contributed by atoms with Gasteiger partial charge in [0.15, 0.2) is 5.82 Å².